The molecule has 23 heavy (non-hydrogen) atoms. The number of amides is 3. The Hall–Kier alpha value is -2.21. The molecule has 6 nitrogen and oxygen atoms in total. The van der Waals surface area contributed by atoms with Gasteiger partial charge in [0.2, 0.25) is 17.7 Å². The Bertz CT molecular complexity index is 607. The van der Waals surface area contributed by atoms with Crippen molar-refractivity contribution in [1.82, 2.24) is 10.2 Å². The Morgan fingerprint density at radius 3 is 2.65 bits per heavy atom. The van der Waals surface area contributed by atoms with Crippen LogP contribution in [0.25, 0.3) is 0 Å². The van der Waals surface area contributed by atoms with Gasteiger partial charge in [0.05, 0.1) is 6.54 Å². The molecule has 3 amide bonds. The number of rotatable bonds is 5. The SMILES string of the molecule is O=C(CC1CCCN1)Nc1ccccc1CN1C(=O)CCC1=O. The number of anilines is 1. The van der Waals surface area contributed by atoms with E-state index in [9.17, 15) is 14.4 Å². The summed E-state index contributed by atoms with van der Waals surface area (Å²) >= 11 is 0. The highest BCUT2D eigenvalue weighted by Gasteiger charge is 2.29. The van der Waals surface area contributed by atoms with Crippen LogP contribution in [0, 0.1) is 0 Å². The number of likely N-dealkylation sites (tertiary alicyclic amines) is 1. The lowest BCUT2D eigenvalue weighted by molar-refractivity contribution is -0.139. The summed E-state index contributed by atoms with van der Waals surface area (Å²) in [5, 5.41) is 6.21. The molecule has 1 aromatic carbocycles. The van der Waals surface area contributed by atoms with Crippen LogP contribution in [0.5, 0.6) is 0 Å². The molecule has 2 saturated heterocycles. The number of benzene rings is 1. The molecule has 0 aliphatic carbocycles. The molecule has 1 unspecified atom stereocenters. The Labute approximate surface area is 135 Å². The van der Waals surface area contributed by atoms with Crippen molar-refractivity contribution in [2.45, 2.75) is 44.7 Å². The normalized spacial score (nSPS) is 21.0. The number of imide groups is 1. The van der Waals surface area contributed by atoms with E-state index in [-0.39, 0.29) is 43.1 Å². The van der Waals surface area contributed by atoms with Gasteiger partial charge in [-0.25, -0.2) is 0 Å². The zero-order chi connectivity index (χ0) is 16.2. The van der Waals surface area contributed by atoms with E-state index in [2.05, 4.69) is 10.6 Å². The van der Waals surface area contributed by atoms with Gasteiger partial charge < -0.3 is 10.6 Å². The molecule has 122 valence electrons. The Balaban J connectivity index is 1.66. The van der Waals surface area contributed by atoms with E-state index in [1.807, 2.05) is 18.2 Å². The fraction of sp³-hybridized carbons (Fsp3) is 0.471. The maximum atomic E-state index is 12.2. The van der Waals surface area contributed by atoms with Crippen LogP contribution in [0.15, 0.2) is 24.3 Å². The zero-order valence-electron chi connectivity index (χ0n) is 13.0. The average molecular weight is 315 g/mol. The first-order valence-corrected chi connectivity index (χ1v) is 8.08. The van der Waals surface area contributed by atoms with Gasteiger partial charge in [-0.2, -0.15) is 0 Å². The fourth-order valence-electron chi connectivity index (χ4n) is 3.11. The zero-order valence-corrected chi connectivity index (χ0v) is 13.0. The van der Waals surface area contributed by atoms with Crippen molar-refractivity contribution in [2.24, 2.45) is 0 Å². The van der Waals surface area contributed by atoms with Gasteiger partial charge in [0.25, 0.3) is 0 Å². The maximum absolute atomic E-state index is 12.2. The largest absolute Gasteiger partial charge is 0.326 e. The molecule has 0 saturated carbocycles. The smallest absolute Gasteiger partial charge is 0.229 e. The second kappa shape index (κ2) is 6.91. The quantitative estimate of drug-likeness (QED) is 0.806. The van der Waals surface area contributed by atoms with Crippen molar-refractivity contribution in [1.29, 1.82) is 0 Å². The van der Waals surface area contributed by atoms with Gasteiger partial charge in [-0.3, -0.25) is 19.3 Å². The minimum absolute atomic E-state index is 0.0454. The number of nitrogens with zero attached hydrogens (tertiary/aromatic N) is 1. The topological polar surface area (TPSA) is 78.5 Å². The predicted octanol–water partition coefficient (Wildman–Crippen LogP) is 1.42. The maximum Gasteiger partial charge on any atom is 0.229 e. The molecule has 1 aromatic rings. The Morgan fingerprint density at radius 2 is 1.96 bits per heavy atom. The third-order valence-corrected chi connectivity index (χ3v) is 4.37. The van der Waals surface area contributed by atoms with Gasteiger partial charge in [0.15, 0.2) is 0 Å². The van der Waals surface area contributed by atoms with Gasteiger partial charge in [-0.05, 0) is 31.0 Å². The van der Waals surface area contributed by atoms with Crippen molar-refractivity contribution in [3.63, 3.8) is 0 Å². The molecular weight excluding hydrogens is 294 g/mol. The van der Waals surface area contributed by atoms with Crippen LogP contribution in [-0.4, -0.2) is 35.2 Å². The molecule has 0 aromatic heterocycles. The highest BCUT2D eigenvalue weighted by atomic mass is 16.2. The van der Waals surface area contributed by atoms with E-state index in [0.29, 0.717) is 12.1 Å². The van der Waals surface area contributed by atoms with Crippen LogP contribution < -0.4 is 10.6 Å². The van der Waals surface area contributed by atoms with Crippen molar-refractivity contribution in [3.8, 4) is 0 Å². The third kappa shape index (κ3) is 3.76. The molecule has 0 radical (unpaired) electrons. The second-order valence-corrected chi connectivity index (χ2v) is 6.08. The molecule has 0 spiro atoms. The molecular formula is C17H21N3O3. The van der Waals surface area contributed by atoms with E-state index < -0.39 is 0 Å². The van der Waals surface area contributed by atoms with Crippen molar-refractivity contribution < 1.29 is 14.4 Å². The van der Waals surface area contributed by atoms with Crippen LogP contribution in [-0.2, 0) is 20.9 Å². The Kier molecular flexibility index (Phi) is 4.71. The van der Waals surface area contributed by atoms with Crippen LogP contribution in [0.2, 0.25) is 0 Å². The minimum atomic E-state index is -0.147. The lowest BCUT2D eigenvalue weighted by Gasteiger charge is -2.17. The molecule has 3 rings (SSSR count). The highest BCUT2D eigenvalue weighted by molar-refractivity contribution is 6.02. The fourth-order valence-corrected chi connectivity index (χ4v) is 3.11. The minimum Gasteiger partial charge on any atom is -0.326 e. The molecule has 2 N–H and O–H groups in total. The van der Waals surface area contributed by atoms with Crippen molar-refractivity contribution in [2.75, 3.05) is 11.9 Å². The third-order valence-electron chi connectivity index (χ3n) is 4.37. The molecule has 6 heteroatoms. The van der Waals surface area contributed by atoms with E-state index in [4.69, 9.17) is 0 Å². The summed E-state index contributed by atoms with van der Waals surface area (Å²) in [5.74, 6) is -0.339. The van der Waals surface area contributed by atoms with Crippen LogP contribution in [0.1, 0.15) is 37.7 Å². The van der Waals surface area contributed by atoms with Gasteiger partial charge in [-0.1, -0.05) is 18.2 Å². The standard InChI is InChI=1S/C17H21N3O3/c21-15(10-13-5-3-9-18-13)19-14-6-2-1-4-12(14)11-20-16(22)7-8-17(20)23/h1-2,4,6,13,18H,3,5,7-11H2,(H,19,21). The summed E-state index contributed by atoms with van der Waals surface area (Å²) < 4.78 is 0. The van der Waals surface area contributed by atoms with Crippen LogP contribution in [0.4, 0.5) is 5.69 Å². The number of carbonyl (C=O) groups is 3. The van der Waals surface area contributed by atoms with E-state index in [1.54, 1.807) is 6.07 Å². The number of carbonyl (C=O) groups excluding carboxylic acids is 3. The lowest BCUT2D eigenvalue weighted by atomic mass is 10.1. The van der Waals surface area contributed by atoms with Gasteiger partial charge in [0, 0.05) is 31.0 Å². The van der Waals surface area contributed by atoms with Gasteiger partial charge >= 0.3 is 0 Å². The summed E-state index contributed by atoms with van der Waals surface area (Å²) in [6.45, 7) is 1.18. The molecule has 2 aliphatic heterocycles. The van der Waals surface area contributed by atoms with Crippen molar-refractivity contribution >= 4 is 23.4 Å². The summed E-state index contributed by atoms with van der Waals surface area (Å²) in [5.41, 5.74) is 1.45. The summed E-state index contributed by atoms with van der Waals surface area (Å²) in [7, 11) is 0. The molecule has 2 heterocycles. The summed E-state index contributed by atoms with van der Waals surface area (Å²) in [6.07, 6.45) is 3.12. The first-order chi connectivity index (χ1) is 11.1. The van der Waals surface area contributed by atoms with Gasteiger partial charge in [-0.15, -0.1) is 0 Å². The van der Waals surface area contributed by atoms with E-state index in [0.717, 1.165) is 24.9 Å². The summed E-state index contributed by atoms with van der Waals surface area (Å²) in [4.78, 5) is 37.0. The molecule has 2 aliphatic rings. The van der Waals surface area contributed by atoms with Crippen LogP contribution in [0.3, 0.4) is 0 Å². The highest BCUT2D eigenvalue weighted by Crippen LogP contribution is 2.22. The molecule has 1 atom stereocenters. The number of para-hydroxylation sites is 1. The second-order valence-electron chi connectivity index (χ2n) is 6.08. The van der Waals surface area contributed by atoms with Crippen molar-refractivity contribution in [3.05, 3.63) is 29.8 Å². The number of hydrogen-bond acceptors (Lipinski definition) is 4. The van der Waals surface area contributed by atoms with E-state index in [1.165, 1.54) is 4.90 Å². The monoisotopic (exact) mass is 315 g/mol. The first-order valence-electron chi connectivity index (χ1n) is 8.08. The van der Waals surface area contributed by atoms with Gasteiger partial charge in [0.1, 0.15) is 0 Å². The molecule has 2 fully saturated rings. The van der Waals surface area contributed by atoms with E-state index >= 15 is 0 Å². The van der Waals surface area contributed by atoms with Crippen LogP contribution >= 0.6 is 0 Å². The molecule has 0 bridgehead atoms. The number of nitrogens with one attached hydrogen (secondary N) is 2. The summed E-state index contributed by atoms with van der Waals surface area (Å²) in [6, 6.07) is 7.56. The lowest BCUT2D eigenvalue weighted by Crippen LogP contribution is -2.30. The predicted molar refractivity (Wildman–Crippen MR) is 85.5 cm³/mol. The first kappa shape index (κ1) is 15.7. The Morgan fingerprint density at radius 1 is 1.22 bits per heavy atom. The average Bonchev–Trinajstić information content (AvgIpc) is 3.14. The number of hydrogen-bond donors (Lipinski definition) is 2.